The minimum atomic E-state index is -5.64. The molecular weight excluding hydrogens is 325 g/mol. The SMILES string of the molecule is COc1cn2cc(C(=N)N)nc(CCC(F)(F)C(F)(F)F)c2n1. The van der Waals surface area contributed by atoms with E-state index >= 15 is 0 Å². The number of nitrogens with two attached hydrogens (primary N) is 1. The van der Waals surface area contributed by atoms with Gasteiger partial charge in [-0.05, 0) is 6.42 Å². The molecule has 0 saturated carbocycles. The Morgan fingerprint density at radius 2 is 1.91 bits per heavy atom. The van der Waals surface area contributed by atoms with Crippen LogP contribution in [0.1, 0.15) is 17.8 Å². The Morgan fingerprint density at radius 3 is 2.43 bits per heavy atom. The zero-order valence-corrected chi connectivity index (χ0v) is 11.8. The second kappa shape index (κ2) is 5.63. The molecule has 0 aromatic carbocycles. The molecule has 0 unspecified atom stereocenters. The molecule has 2 rings (SSSR count). The second-order valence-corrected chi connectivity index (χ2v) is 4.70. The minimum Gasteiger partial charge on any atom is -0.480 e. The Morgan fingerprint density at radius 1 is 1.26 bits per heavy atom. The zero-order valence-electron chi connectivity index (χ0n) is 11.8. The van der Waals surface area contributed by atoms with Crippen molar-refractivity contribution in [3.05, 3.63) is 23.8 Å². The third-order valence-electron chi connectivity index (χ3n) is 3.06. The number of alkyl halides is 5. The van der Waals surface area contributed by atoms with Gasteiger partial charge in [-0.25, -0.2) is 4.98 Å². The van der Waals surface area contributed by atoms with E-state index in [0.29, 0.717) is 0 Å². The normalized spacial score (nSPS) is 12.6. The molecule has 2 heterocycles. The molecule has 0 radical (unpaired) electrons. The fraction of sp³-hybridized carbons (Fsp3) is 0.417. The highest BCUT2D eigenvalue weighted by atomic mass is 19.4. The maximum Gasteiger partial charge on any atom is 0.453 e. The number of nitrogens with one attached hydrogen (secondary N) is 1. The van der Waals surface area contributed by atoms with Gasteiger partial charge in [0.15, 0.2) is 5.65 Å². The number of halogens is 5. The number of amidine groups is 1. The van der Waals surface area contributed by atoms with Crippen molar-refractivity contribution in [1.29, 1.82) is 5.41 Å². The standard InChI is InChI=1S/C12H12F5N5O/c1-23-8-5-22-4-7(9(18)19)20-6(10(22)21-8)2-3-11(13,14)12(15,16)17/h4-5H,2-3H2,1H3,(H3,18,19). The van der Waals surface area contributed by atoms with Gasteiger partial charge in [-0.3, -0.25) is 9.81 Å². The highest BCUT2D eigenvalue weighted by Gasteiger charge is 2.56. The number of hydrogen-bond acceptors (Lipinski definition) is 4. The summed E-state index contributed by atoms with van der Waals surface area (Å²) < 4.78 is 69.1. The summed E-state index contributed by atoms with van der Waals surface area (Å²) >= 11 is 0. The molecule has 0 aliphatic rings. The first-order valence-electron chi connectivity index (χ1n) is 6.26. The molecule has 6 nitrogen and oxygen atoms in total. The van der Waals surface area contributed by atoms with Gasteiger partial charge in [-0.2, -0.15) is 26.9 Å². The highest BCUT2D eigenvalue weighted by Crippen LogP contribution is 2.38. The van der Waals surface area contributed by atoms with Crippen LogP contribution in [-0.2, 0) is 6.42 Å². The quantitative estimate of drug-likeness (QED) is 0.497. The molecule has 2 aromatic rings. The van der Waals surface area contributed by atoms with Crippen molar-refractivity contribution in [2.45, 2.75) is 24.9 Å². The number of nitrogens with zero attached hydrogens (tertiary/aromatic N) is 3. The third kappa shape index (κ3) is 3.32. The Balaban J connectivity index is 2.42. The summed E-state index contributed by atoms with van der Waals surface area (Å²) in [6.45, 7) is 0. The minimum absolute atomic E-state index is 0.0600. The Kier molecular flexibility index (Phi) is 4.14. The van der Waals surface area contributed by atoms with Gasteiger partial charge in [0.25, 0.3) is 0 Å². The average Bonchev–Trinajstić information content (AvgIpc) is 2.86. The van der Waals surface area contributed by atoms with Gasteiger partial charge in [0.1, 0.15) is 11.5 Å². The van der Waals surface area contributed by atoms with E-state index in [2.05, 4.69) is 9.97 Å². The largest absolute Gasteiger partial charge is 0.480 e. The molecule has 0 aliphatic carbocycles. The van der Waals surface area contributed by atoms with Crippen LogP contribution in [0.5, 0.6) is 5.88 Å². The molecule has 3 N–H and O–H groups in total. The van der Waals surface area contributed by atoms with Gasteiger partial charge in [0, 0.05) is 12.6 Å². The number of methoxy groups -OCH3 is 1. The van der Waals surface area contributed by atoms with Crippen molar-refractivity contribution in [3.8, 4) is 5.88 Å². The van der Waals surface area contributed by atoms with Gasteiger partial charge >= 0.3 is 12.1 Å². The van der Waals surface area contributed by atoms with Crippen LogP contribution in [0.3, 0.4) is 0 Å². The summed E-state index contributed by atoms with van der Waals surface area (Å²) in [5, 5.41) is 7.34. The van der Waals surface area contributed by atoms with Crippen molar-refractivity contribution in [2.75, 3.05) is 7.11 Å². The lowest BCUT2D eigenvalue weighted by Gasteiger charge is -2.19. The van der Waals surface area contributed by atoms with Crippen LogP contribution in [0.15, 0.2) is 12.4 Å². The number of ether oxygens (including phenoxy) is 1. The first-order valence-corrected chi connectivity index (χ1v) is 6.26. The highest BCUT2D eigenvalue weighted by molar-refractivity contribution is 5.93. The van der Waals surface area contributed by atoms with E-state index in [1.165, 1.54) is 23.9 Å². The number of nitrogen functional groups attached to an aromatic ring is 1. The number of imidazole rings is 1. The number of rotatable bonds is 5. The second-order valence-electron chi connectivity index (χ2n) is 4.70. The fourth-order valence-electron chi connectivity index (χ4n) is 1.85. The smallest absolute Gasteiger partial charge is 0.453 e. The van der Waals surface area contributed by atoms with E-state index in [0.717, 1.165) is 0 Å². The van der Waals surface area contributed by atoms with Gasteiger partial charge in [0.05, 0.1) is 19.0 Å². The Bertz CT molecular complexity index is 739. The molecule has 0 spiro atoms. The number of hydrogen-bond donors (Lipinski definition) is 2. The van der Waals surface area contributed by atoms with Crippen LogP contribution in [0.2, 0.25) is 0 Å². The predicted octanol–water partition coefficient (Wildman–Crippen LogP) is 2.15. The van der Waals surface area contributed by atoms with Crippen LogP contribution >= 0.6 is 0 Å². The van der Waals surface area contributed by atoms with Crippen LogP contribution in [0.4, 0.5) is 22.0 Å². The molecule has 2 aromatic heterocycles. The van der Waals surface area contributed by atoms with E-state index in [-0.39, 0.29) is 22.9 Å². The zero-order chi connectivity index (χ0) is 17.4. The summed E-state index contributed by atoms with van der Waals surface area (Å²) in [4.78, 5) is 7.78. The molecule has 0 aliphatic heterocycles. The Hall–Kier alpha value is -2.46. The molecule has 23 heavy (non-hydrogen) atoms. The van der Waals surface area contributed by atoms with Crippen molar-refractivity contribution in [1.82, 2.24) is 14.4 Å². The molecule has 0 atom stereocenters. The van der Waals surface area contributed by atoms with Gasteiger partial charge in [-0.15, -0.1) is 0 Å². The van der Waals surface area contributed by atoms with Crippen molar-refractivity contribution < 1.29 is 26.7 Å². The van der Waals surface area contributed by atoms with Crippen LogP contribution in [0.25, 0.3) is 5.65 Å². The average molecular weight is 337 g/mol. The molecule has 0 fully saturated rings. The monoisotopic (exact) mass is 337 g/mol. The molecule has 11 heteroatoms. The van der Waals surface area contributed by atoms with E-state index in [4.69, 9.17) is 15.9 Å². The van der Waals surface area contributed by atoms with Gasteiger partial charge in [0.2, 0.25) is 5.88 Å². The summed E-state index contributed by atoms with van der Waals surface area (Å²) in [5.41, 5.74) is 5.15. The Labute approximate surface area is 126 Å². The van der Waals surface area contributed by atoms with E-state index in [9.17, 15) is 22.0 Å². The van der Waals surface area contributed by atoms with Crippen LogP contribution in [-0.4, -0.2) is 39.4 Å². The van der Waals surface area contributed by atoms with Crippen LogP contribution in [0, 0.1) is 5.41 Å². The predicted molar refractivity (Wildman–Crippen MR) is 69.9 cm³/mol. The molecule has 0 bridgehead atoms. The maximum absolute atomic E-state index is 13.1. The molecule has 126 valence electrons. The summed E-state index contributed by atoms with van der Waals surface area (Å²) in [5.74, 6) is -5.19. The van der Waals surface area contributed by atoms with Crippen molar-refractivity contribution >= 4 is 11.5 Å². The molecule has 0 amide bonds. The van der Waals surface area contributed by atoms with Crippen LogP contribution < -0.4 is 10.5 Å². The number of aryl methyl sites for hydroxylation is 1. The lowest BCUT2D eigenvalue weighted by Crippen LogP contribution is -2.36. The summed E-state index contributed by atoms with van der Waals surface area (Å²) in [6.07, 6.45) is -5.16. The molecular formula is C12H12F5N5O. The van der Waals surface area contributed by atoms with Crippen molar-refractivity contribution in [3.63, 3.8) is 0 Å². The van der Waals surface area contributed by atoms with E-state index in [1.54, 1.807) is 0 Å². The van der Waals surface area contributed by atoms with Crippen molar-refractivity contribution in [2.24, 2.45) is 5.73 Å². The van der Waals surface area contributed by atoms with Gasteiger partial charge in [-0.1, -0.05) is 0 Å². The summed E-state index contributed by atoms with van der Waals surface area (Å²) in [7, 11) is 1.32. The fourth-order valence-corrected chi connectivity index (χ4v) is 1.85. The van der Waals surface area contributed by atoms with Gasteiger partial charge < -0.3 is 10.5 Å². The first kappa shape index (κ1) is 16.9. The summed E-state index contributed by atoms with van der Waals surface area (Å²) in [6, 6.07) is 0. The third-order valence-corrected chi connectivity index (χ3v) is 3.06. The lowest BCUT2D eigenvalue weighted by molar-refractivity contribution is -0.284. The molecule has 0 saturated heterocycles. The first-order chi connectivity index (χ1) is 10.5. The lowest BCUT2D eigenvalue weighted by atomic mass is 10.1. The topological polar surface area (TPSA) is 89.3 Å². The maximum atomic E-state index is 13.1. The van der Waals surface area contributed by atoms with E-state index < -0.39 is 30.8 Å². The number of fused-ring (bicyclic) bond motifs is 1. The number of aromatic nitrogens is 3. The van der Waals surface area contributed by atoms with E-state index in [1.807, 2.05) is 0 Å².